The first-order valence-corrected chi connectivity index (χ1v) is 18.7. The molecule has 0 radical (unpaired) electrons. The SMILES string of the molecule is CCCCCCC(=O)OCCOCCOCCOCCOCCOCCOCCOCCOCCOCCOS(=O)(=O)c1ccc(C)cc1. The Hall–Kier alpha value is -1.76. The molecular formula is C34H60O14S. The van der Waals surface area contributed by atoms with Crippen LogP contribution in [0, 0.1) is 6.92 Å². The van der Waals surface area contributed by atoms with Crippen molar-refractivity contribution >= 4 is 16.1 Å². The predicted molar refractivity (Wildman–Crippen MR) is 181 cm³/mol. The fourth-order valence-electron chi connectivity index (χ4n) is 3.82. The van der Waals surface area contributed by atoms with Crippen LogP contribution in [0.4, 0.5) is 0 Å². The Balaban J connectivity index is 1.69. The van der Waals surface area contributed by atoms with Gasteiger partial charge in [-0.15, -0.1) is 0 Å². The highest BCUT2D eigenvalue weighted by Gasteiger charge is 2.14. The summed E-state index contributed by atoms with van der Waals surface area (Å²) in [5.41, 5.74) is 0.973. The molecule has 15 heteroatoms. The molecule has 1 aromatic carbocycles. The summed E-state index contributed by atoms with van der Waals surface area (Å²) in [5, 5.41) is 0. The third kappa shape index (κ3) is 29.7. The molecule has 0 aliphatic rings. The van der Waals surface area contributed by atoms with E-state index in [2.05, 4.69) is 6.92 Å². The van der Waals surface area contributed by atoms with E-state index in [9.17, 15) is 13.2 Å². The van der Waals surface area contributed by atoms with Crippen molar-refractivity contribution in [2.24, 2.45) is 0 Å². The number of unbranched alkanes of at least 4 members (excludes halogenated alkanes) is 3. The second-order valence-corrected chi connectivity index (χ2v) is 12.2. The Morgan fingerprint density at radius 3 is 1.20 bits per heavy atom. The highest BCUT2D eigenvalue weighted by Crippen LogP contribution is 2.13. The molecule has 0 saturated heterocycles. The molecule has 0 fully saturated rings. The maximum Gasteiger partial charge on any atom is 0.305 e. The first kappa shape index (κ1) is 45.3. The van der Waals surface area contributed by atoms with Gasteiger partial charge in [-0.3, -0.25) is 8.98 Å². The molecule has 0 saturated carbocycles. The van der Waals surface area contributed by atoms with Crippen LogP contribution in [-0.4, -0.2) is 147 Å². The van der Waals surface area contributed by atoms with Gasteiger partial charge in [-0.25, -0.2) is 0 Å². The average Bonchev–Trinajstić information content (AvgIpc) is 3.09. The van der Waals surface area contributed by atoms with Crippen molar-refractivity contribution < 1.29 is 64.8 Å². The highest BCUT2D eigenvalue weighted by molar-refractivity contribution is 7.86. The van der Waals surface area contributed by atoms with E-state index in [-0.39, 0.29) is 30.7 Å². The molecule has 286 valence electrons. The van der Waals surface area contributed by atoms with Crippen LogP contribution in [-0.2, 0) is 66.5 Å². The van der Waals surface area contributed by atoms with Crippen LogP contribution in [0.1, 0.15) is 44.6 Å². The van der Waals surface area contributed by atoms with E-state index in [1.807, 2.05) is 6.92 Å². The van der Waals surface area contributed by atoms with Crippen LogP contribution in [0.5, 0.6) is 0 Å². The second-order valence-electron chi connectivity index (χ2n) is 10.6. The number of hydrogen-bond donors (Lipinski definition) is 0. The third-order valence-corrected chi connectivity index (χ3v) is 7.80. The number of ether oxygens (including phenoxy) is 10. The van der Waals surface area contributed by atoms with Gasteiger partial charge in [0.1, 0.15) is 6.61 Å². The second kappa shape index (κ2) is 33.4. The summed E-state index contributed by atoms with van der Waals surface area (Å²) in [4.78, 5) is 11.7. The van der Waals surface area contributed by atoms with E-state index in [0.29, 0.717) is 119 Å². The summed E-state index contributed by atoms with van der Waals surface area (Å²) >= 11 is 0. The molecule has 0 amide bonds. The molecule has 14 nitrogen and oxygen atoms in total. The lowest BCUT2D eigenvalue weighted by Crippen LogP contribution is -2.16. The number of hydrogen-bond acceptors (Lipinski definition) is 14. The van der Waals surface area contributed by atoms with Crippen molar-refractivity contribution in [3.05, 3.63) is 29.8 Å². The van der Waals surface area contributed by atoms with Crippen LogP contribution >= 0.6 is 0 Å². The van der Waals surface area contributed by atoms with Crippen LogP contribution < -0.4 is 0 Å². The van der Waals surface area contributed by atoms with Gasteiger partial charge in [0.2, 0.25) is 0 Å². The summed E-state index contributed by atoms with van der Waals surface area (Å²) < 4.78 is 83.1. The molecule has 0 atom stereocenters. The molecule has 0 bridgehead atoms. The molecule has 0 N–H and O–H groups in total. The fraction of sp³-hybridized carbons (Fsp3) is 0.794. The third-order valence-electron chi connectivity index (χ3n) is 6.48. The molecule has 0 spiro atoms. The summed E-state index contributed by atoms with van der Waals surface area (Å²) in [7, 11) is -3.78. The number of rotatable bonds is 37. The number of benzene rings is 1. The first-order chi connectivity index (χ1) is 24.0. The van der Waals surface area contributed by atoms with E-state index >= 15 is 0 Å². The maximum absolute atomic E-state index is 12.1. The molecule has 0 aliphatic carbocycles. The van der Waals surface area contributed by atoms with Gasteiger partial charge >= 0.3 is 5.97 Å². The van der Waals surface area contributed by atoms with Crippen molar-refractivity contribution in [1.29, 1.82) is 0 Å². The molecule has 0 heterocycles. The lowest BCUT2D eigenvalue weighted by atomic mass is 10.2. The van der Waals surface area contributed by atoms with Crippen LogP contribution in [0.15, 0.2) is 29.2 Å². The van der Waals surface area contributed by atoms with Gasteiger partial charge in [0, 0.05) is 6.42 Å². The summed E-state index contributed by atoms with van der Waals surface area (Å²) in [5.74, 6) is -0.160. The fourth-order valence-corrected chi connectivity index (χ4v) is 4.71. The first-order valence-electron chi connectivity index (χ1n) is 17.3. The van der Waals surface area contributed by atoms with E-state index < -0.39 is 10.1 Å². The van der Waals surface area contributed by atoms with Gasteiger partial charge in [0.05, 0.1) is 130 Å². The minimum Gasteiger partial charge on any atom is -0.463 e. The predicted octanol–water partition coefficient (Wildman–Crippen LogP) is 3.36. The Kier molecular flexibility index (Phi) is 30.8. The van der Waals surface area contributed by atoms with E-state index in [1.54, 1.807) is 12.1 Å². The standard InChI is InChI=1S/C34H60O14S/c1-3-4-5-6-7-34(35)47-30-28-45-26-24-43-22-20-41-18-16-39-14-12-38-13-15-40-17-19-42-21-23-44-25-27-46-29-31-48-49(36,37)33-10-8-32(2)9-11-33/h8-11H,3-7,12-31H2,1-2H3. The van der Waals surface area contributed by atoms with Gasteiger partial charge < -0.3 is 47.4 Å². The highest BCUT2D eigenvalue weighted by atomic mass is 32.2. The molecule has 1 aromatic rings. The van der Waals surface area contributed by atoms with Gasteiger partial charge in [-0.05, 0) is 25.5 Å². The molecule has 0 aromatic heterocycles. The van der Waals surface area contributed by atoms with Crippen molar-refractivity contribution in [3.8, 4) is 0 Å². The molecule has 49 heavy (non-hydrogen) atoms. The van der Waals surface area contributed by atoms with Gasteiger partial charge in [-0.2, -0.15) is 8.42 Å². The summed E-state index contributed by atoms with van der Waals surface area (Å²) in [6, 6.07) is 6.47. The van der Waals surface area contributed by atoms with Crippen molar-refractivity contribution in [2.45, 2.75) is 50.8 Å². The van der Waals surface area contributed by atoms with Crippen LogP contribution in [0.25, 0.3) is 0 Å². The Morgan fingerprint density at radius 1 is 0.490 bits per heavy atom. The minimum atomic E-state index is -3.78. The zero-order valence-corrected chi connectivity index (χ0v) is 30.4. The van der Waals surface area contributed by atoms with E-state index in [4.69, 9.17) is 51.6 Å². The van der Waals surface area contributed by atoms with Gasteiger partial charge in [0.15, 0.2) is 0 Å². The topological polar surface area (TPSA) is 153 Å². The lowest BCUT2D eigenvalue weighted by molar-refractivity contribution is -0.145. The Labute approximate surface area is 293 Å². The number of esters is 1. The zero-order chi connectivity index (χ0) is 35.5. The number of aryl methyl sites for hydroxylation is 1. The van der Waals surface area contributed by atoms with Gasteiger partial charge in [-0.1, -0.05) is 43.9 Å². The van der Waals surface area contributed by atoms with Crippen molar-refractivity contribution in [1.82, 2.24) is 0 Å². The monoisotopic (exact) mass is 724 g/mol. The zero-order valence-electron chi connectivity index (χ0n) is 29.6. The number of carbonyl (C=O) groups excluding carboxylic acids is 1. The van der Waals surface area contributed by atoms with Crippen molar-refractivity contribution in [2.75, 3.05) is 132 Å². The Bertz CT molecular complexity index is 978. The molecular weight excluding hydrogens is 664 g/mol. The number of carbonyl (C=O) groups is 1. The Morgan fingerprint density at radius 2 is 0.837 bits per heavy atom. The summed E-state index contributed by atoms with van der Waals surface area (Å²) in [6.45, 7) is 11.9. The van der Waals surface area contributed by atoms with E-state index in [0.717, 1.165) is 31.2 Å². The molecule has 0 aliphatic heterocycles. The normalized spacial score (nSPS) is 11.7. The van der Waals surface area contributed by atoms with Crippen molar-refractivity contribution in [3.63, 3.8) is 0 Å². The maximum atomic E-state index is 12.1. The molecule has 0 unspecified atom stereocenters. The summed E-state index contributed by atoms with van der Waals surface area (Å²) in [6.07, 6.45) is 4.72. The quantitative estimate of drug-likeness (QED) is 0.0560. The van der Waals surface area contributed by atoms with Crippen LogP contribution in [0.3, 0.4) is 0 Å². The lowest BCUT2D eigenvalue weighted by Gasteiger charge is -2.09. The minimum absolute atomic E-state index is 0.0624. The van der Waals surface area contributed by atoms with Gasteiger partial charge in [0.25, 0.3) is 10.1 Å². The molecule has 1 rings (SSSR count). The van der Waals surface area contributed by atoms with Crippen LogP contribution in [0.2, 0.25) is 0 Å². The average molecular weight is 725 g/mol. The largest absolute Gasteiger partial charge is 0.463 e. The smallest absolute Gasteiger partial charge is 0.305 e. The van der Waals surface area contributed by atoms with E-state index in [1.165, 1.54) is 12.1 Å².